The van der Waals surface area contributed by atoms with Crippen molar-refractivity contribution in [3.8, 4) is 0 Å². The Morgan fingerprint density at radius 1 is 1.67 bits per heavy atom. The van der Waals surface area contributed by atoms with E-state index in [2.05, 4.69) is 22.0 Å². The molecule has 0 saturated carbocycles. The van der Waals surface area contributed by atoms with E-state index in [9.17, 15) is 4.79 Å². The number of likely N-dealkylation sites (N-methyl/N-ethyl adjacent to an activating group) is 1. The van der Waals surface area contributed by atoms with Crippen LogP contribution in [0.2, 0.25) is 0 Å². The number of carboxylic acid groups (broad SMARTS) is 1. The fraction of sp³-hybridized carbons (Fsp3) is 0.500. The number of carbonyl (C=O) groups is 1. The molecule has 0 fully saturated rings. The Bertz CT molecular complexity index is 340. The fourth-order valence-corrected chi connectivity index (χ4v) is 2.63. The molecule has 0 aliphatic heterocycles. The van der Waals surface area contributed by atoms with E-state index < -0.39 is 12.0 Å². The van der Waals surface area contributed by atoms with Gasteiger partial charge in [0.05, 0.1) is 3.79 Å². The van der Waals surface area contributed by atoms with Gasteiger partial charge in [-0.2, -0.15) is 0 Å². The molecule has 0 bridgehead atoms. The van der Waals surface area contributed by atoms with Crippen molar-refractivity contribution in [1.29, 1.82) is 0 Å². The van der Waals surface area contributed by atoms with Gasteiger partial charge in [-0.05, 0) is 48.5 Å². The summed E-state index contributed by atoms with van der Waals surface area (Å²) in [5.74, 6) is -0.773. The minimum Gasteiger partial charge on any atom is -0.480 e. The maximum atomic E-state index is 10.7. The molecule has 0 aliphatic carbocycles. The lowest BCUT2D eigenvalue weighted by molar-refractivity contribution is -0.142. The van der Waals surface area contributed by atoms with Crippen LogP contribution >= 0.6 is 27.3 Å². The van der Waals surface area contributed by atoms with Crippen molar-refractivity contribution < 1.29 is 9.90 Å². The third-order valence-corrected chi connectivity index (χ3v) is 4.04. The summed E-state index contributed by atoms with van der Waals surface area (Å²) < 4.78 is 1.12. The van der Waals surface area contributed by atoms with Crippen LogP contribution in [0.25, 0.3) is 0 Å². The summed E-state index contributed by atoms with van der Waals surface area (Å²) in [7, 11) is 1.83. The average molecular weight is 292 g/mol. The normalized spacial score (nSPS) is 13.1. The summed E-state index contributed by atoms with van der Waals surface area (Å²) in [6.07, 6.45) is 0.893. The average Bonchev–Trinajstić information content (AvgIpc) is 2.59. The lowest BCUT2D eigenvalue weighted by Crippen LogP contribution is -2.36. The molecule has 1 N–H and O–H groups in total. The second-order valence-electron chi connectivity index (χ2n) is 3.45. The van der Waals surface area contributed by atoms with E-state index >= 15 is 0 Å². The van der Waals surface area contributed by atoms with Gasteiger partial charge in [-0.25, -0.2) is 0 Å². The summed E-state index contributed by atoms with van der Waals surface area (Å²) in [4.78, 5) is 13.8. The molecule has 15 heavy (non-hydrogen) atoms. The van der Waals surface area contributed by atoms with Crippen LogP contribution in [0.3, 0.4) is 0 Å². The topological polar surface area (TPSA) is 40.5 Å². The van der Waals surface area contributed by atoms with Gasteiger partial charge in [0.15, 0.2) is 0 Å². The number of rotatable bonds is 5. The van der Waals surface area contributed by atoms with Crippen LogP contribution in [-0.4, -0.2) is 35.6 Å². The number of carboxylic acids is 1. The molecule has 1 heterocycles. The first-order valence-electron chi connectivity index (χ1n) is 4.68. The first-order chi connectivity index (χ1) is 7.00. The lowest BCUT2D eigenvalue weighted by atomic mass is 10.2. The van der Waals surface area contributed by atoms with Crippen LogP contribution in [0.1, 0.15) is 11.8 Å². The third-order valence-electron chi connectivity index (χ3n) is 2.36. The molecule has 1 aromatic heterocycles. The molecule has 0 amide bonds. The minimum atomic E-state index is -0.773. The summed E-state index contributed by atoms with van der Waals surface area (Å²) in [5, 5.41) is 8.81. The second-order valence-corrected chi connectivity index (χ2v) is 6.00. The summed E-state index contributed by atoms with van der Waals surface area (Å²) >= 11 is 5.09. The van der Waals surface area contributed by atoms with Gasteiger partial charge in [-0.1, -0.05) is 0 Å². The first-order valence-corrected chi connectivity index (χ1v) is 6.29. The Morgan fingerprint density at radius 3 is 2.80 bits per heavy atom. The van der Waals surface area contributed by atoms with E-state index in [4.69, 9.17) is 5.11 Å². The van der Waals surface area contributed by atoms with Crippen LogP contribution in [-0.2, 0) is 11.2 Å². The Morgan fingerprint density at radius 2 is 2.33 bits per heavy atom. The predicted molar refractivity (Wildman–Crippen MR) is 65.5 cm³/mol. The molecular formula is C10H14BrNO2S. The van der Waals surface area contributed by atoms with Gasteiger partial charge in [-0.15, -0.1) is 11.3 Å². The van der Waals surface area contributed by atoms with Crippen molar-refractivity contribution in [2.75, 3.05) is 13.6 Å². The number of hydrogen-bond acceptors (Lipinski definition) is 3. The zero-order valence-corrected chi connectivity index (χ0v) is 11.1. The van der Waals surface area contributed by atoms with Crippen molar-refractivity contribution in [2.24, 2.45) is 0 Å². The molecule has 0 saturated heterocycles. The molecule has 1 unspecified atom stereocenters. The highest BCUT2D eigenvalue weighted by Crippen LogP contribution is 2.22. The summed E-state index contributed by atoms with van der Waals surface area (Å²) in [5.41, 5.74) is 0. The van der Waals surface area contributed by atoms with E-state index in [0.717, 1.165) is 16.8 Å². The van der Waals surface area contributed by atoms with Gasteiger partial charge in [0.25, 0.3) is 0 Å². The lowest BCUT2D eigenvalue weighted by Gasteiger charge is -2.20. The molecule has 84 valence electrons. The minimum absolute atomic E-state index is 0.423. The number of thiophene rings is 1. The first kappa shape index (κ1) is 12.7. The van der Waals surface area contributed by atoms with E-state index in [1.165, 1.54) is 4.88 Å². The highest BCUT2D eigenvalue weighted by Gasteiger charge is 2.16. The van der Waals surface area contributed by atoms with Crippen LogP contribution < -0.4 is 0 Å². The number of aliphatic carboxylic acids is 1. The molecule has 1 atom stereocenters. The number of halogens is 1. The standard InChI is InChI=1S/C10H14BrNO2S/c1-7(10(13)14)12(2)6-5-8-3-4-9(11)15-8/h3-4,7H,5-6H2,1-2H3,(H,13,14). The van der Waals surface area contributed by atoms with Crippen LogP contribution in [0.4, 0.5) is 0 Å². The van der Waals surface area contributed by atoms with Crippen molar-refractivity contribution in [1.82, 2.24) is 4.90 Å². The van der Waals surface area contributed by atoms with E-state index in [0.29, 0.717) is 0 Å². The van der Waals surface area contributed by atoms with E-state index in [-0.39, 0.29) is 0 Å². The van der Waals surface area contributed by atoms with Gasteiger partial charge < -0.3 is 5.11 Å². The molecule has 0 aromatic carbocycles. The van der Waals surface area contributed by atoms with Gasteiger partial charge in [0, 0.05) is 11.4 Å². The third kappa shape index (κ3) is 3.93. The summed E-state index contributed by atoms with van der Waals surface area (Å²) in [6.45, 7) is 2.47. The molecule has 5 heteroatoms. The van der Waals surface area contributed by atoms with Crippen molar-refractivity contribution in [3.63, 3.8) is 0 Å². The fourth-order valence-electron chi connectivity index (χ4n) is 1.15. The maximum absolute atomic E-state index is 10.7. The summed E-state index contributed by atoms with van der Waals surface area (Å²) in [6, 6.07) is 3.66. The number of hydrogen-bond donors (Lipinski definition) is 1. The maximum Gasteiger partial charge on any atom is 0.320 e. The number of nitrogens with zero attached hydrogens (tertiary/aromatic N) is 1. The zero-order chi connectivity index (χ0) is 11.4. The van der Waals surface area contributed by atoms with Crippen molar-refractivity contribution >= 4 is 33.2 Å². The molecular weight excluding hydrogens is 278 g/mol. The van der Waals surface area contributed by atoms with Gasteiger partial charge in [0.2, 0.25) is 0 Å². The van der Waals surface area contributed by atoms with E-state index in [1.54, 1.807) is 18.3 Å². The largest absolute Gasteiger partial charge is 0.480 e. The molecule has 1 rings (SSSR count). The van der Waals surface area contributed by atoms with E-state index in [1.807, 2.05) is 18.0 Å². The van der Waals surface area contributed by atoms with Gasteiger partial charge in [-0.3, -0.25) is 9.69 Å². The quantitative estimate of drug-likeness (QED) is 0.906. The van der Waals surface area contributed by atoms with Crippen molar-refractivity contribution in [3.05, 3.63) is 20.8 Å². The van der Waals surface area contributed by atoms with Gasteiger partial charge >= 0.3 is 5.97 Å². The van der Waals surface area contributed by atoms with Crippen LogP contribution in [0.15, 0.2) is 15.9 Å². The predicted octanol–water partition coefficient (Wildman–Crippen LogP) is 2.46. The van der Waals surface area contributed by atoms with Crippen molar-refractivity contribution in [2.45, 2.75) is 19.4 Å². The molecule has 3 nitrogen and oxygen atoms in total. The van der Waals surface area contributed by atoms with Crippen LogP contribution in [0, 0.1) is 0 Å². The molecule has 0 spiro atoms. The Kier molecular flexibility index (Phi) is 4.76. The highest BCUT2D eigenvalue weighted by atomic mass is 79.9. The monoisotopic (exact) mass is 291 g/mol. The zero-order valence-electron chi connectivity index (χ0n) is 8.74. The second kappa shape index (κ2) is 5.63. The Balaban J connectivity index is 2.40. The van der Waals surface area contributed by atoms with Crippen LogP contribution in [0.5, 0.6) is 0 Å². The molecule has 0 aliphatic rings. The Labute approximate surface area is 102 Å². The SMILES string of the molecule is CC(C(=O)O)N(C)CCc1ccc(Br)s1. The van der Waals surface area contributed by atoms with Gasteiger partial charge in [0.1, 0.15) is 6.04 Å². The Hall–Kier alpha value is -0.390. The highest BCUT2D eigenvalue weighted by molar-refractivity contribution is 9.11. The molecule has 0 radical (unpaired) electrons. The smallest absolute Gasteiger partial charge is 0.320 e. The molecule has 1 aromatic rings.